The van der Waals surface area contributed by atoms with Crippen LogP contribution in [0.5, 0.6) is 0 Å². The predicted molar refractivity (Wildman–Crippen MR) is 74.9 cm³/mol. The Morgan fingerprint density at radius 1 is 1.05 bits per heavy atom. The van der Waals surface area contributed by atoms with Crippen LogP contribution in [-0.4, -0.2) is 46.0 Å². The number of rotatable bonds is 2. The van der Waals surface area contributed by atoms with Crippen LogP contribution < -0.4 is 0 Å². The monoisotopic (exact) mass is 294 g/mol. The number of imide groups is 2. The molecule has 1 aliphatic heterocycles. The number of hydrogen-bond donors (Lipinski definition) is 0. The first kappa shape index (κ1) is 15.7. The highest BCUT2D eigenvalue weighted by molar-refractivity contribution is 6.09. The minimum absolute atomic E-state index is 0.324. The lowest BCUT2D eigenvalue weighted by atomic mass is 9.83. The summed E-state index contributed by atoms with van der Waals surface area (Å²) in [5, 5.41) is 0. The number of carbonyl (C=O) groups excluding carboxylic acids is 4. The van der Waals surface area contributed by atoms with Gasteiger partial charge in [0.2, 0.25) is 17.7 Å². The van der Waals surface area contributed by atoms with Crippen molar-refractivity contribution in [3.63, 3.8) is 0 Å². The van der Waals surface area contributed by atoms with Crippen molar-refractivity contribution in [3.05, 3.63) is 0 Å². The molecule has 0 radical (unpaired) electrons. The fourth-order valence-electron chi connectivity index (χ4n) is 3.36. The number of amides is 4. The van der Waals surface area contributed by atoms with Crippen molar-refractivity contribution in [1.29, 1.82) is 0 Å². The van der Waals surface area contributed by atoms with Gasteiger partial charge in [0.1, 0.15) is 12.6 Å². The fourth-order valence-corrected chi connectivity index (χ4v) is 3.36. The van der Waals surface area contributed by atoms with Gasteiger partial charge in [-0.3, -0.25) is 29.0 Å². The summed E-state index contributed by atoms with van der Waals surface area (Å²) in [4.78, 5) is 49.8. The molecule has 2 rings (SSSR count). The molecule has 1 aliphatic carbocycles. The second-order valence-corrected chi connectivity index (χ2v) is 5.98. The van der Waals surface area contributed by atoms with Crippen molar-refractivity contribution < 1.29 is 19.2 Å². The standard InChI is InChI=1S/C15H22N2O4/c1-10(18)16-9-14(20)17(11(2)19)13(15(16)21)8-12-6-4-3-5-7-12/h12-13H,3-9H2,1-2H3/t13-/m1/s1. The molecule has 0 unspecified atom stereocenters. The second-order valence-electron chi connectivity index (χ2n) is 5.98. The number of carbonyl (C=O) groups is 4. The van der Waals surface area contributed by atoms with Crippen molar-refractivity contribution in [2.75, 3.05) is 6.54 Å². The minimum atomic E-state index is -0.809. The summed E-state index contributed by atoms with van der Waals surface area (Å²) < 4.78 is 0. The van der Waals surface area contributed by atoms with E-state index in [1.807, 2.05) is 0 Å². The third kappa shape index (κ3) is 3.31. The molecule has 21 heavy (non-hydrogen) atoms. The lowest BCUT2D eigenvalue weighted by Gasteiger charge is -2.39. The smallest absolute Gasteiger partial charge is 0.252 e. The largest absolute Gasteiger partial charge is 0.275 e. The van der Waals surface area contributed by atoms with Gasteiger partial charge >= 0.3 is 0 Å². The highest BCUT2D eigenvalue weighted by Gasteiger charge is 2.43. The maximum absolute atomic E-state index is 12.5. The Balaban J connectivity index is 2.20. The summed E-state index contributed by atoms with van der Waals surface area (Å²) in [7, 11) is 0. The Kier molecular flexibility index (Phi) is 4.75. The van der Waals surface area contributed by atoms with Crippen LogP contribution in [0.4, 0.5) is 0 Å². The molecule has 2 aliphatic rings. The molecule has 6 heteroatoms. The molecule has 0 aromatic carbocycles. The van der Waals surface area contributed by atoms with Gasteiger partial charge in [-0.15, -0.1) is 0 Å². The highest BCUT2D eigenvalue weighted by Crippen LogP contribution is 2.30. The van der Waals surface area contributed by atoms with Gasteiger partial charge in [-0.1, -0.05) is 32.1 Å². The fraction of sp³-hybridized carbons (Fsp3) is 0.733. The second kappa shape index (κ2) is 6.37. The van der Waals surface area contributed by atoms with E-state index in [2.05, 4.69) is 0 Å². The average molecular weight is 294 g/mol. The Labute approximate surface area is 124 Å². The van der Waals surface area contributed by atoms with E-state index >= 15 is 0 Å². The van der Waals surface area contributed by atoms with Crippen molar-refractivity contribution in [2.24, 2.45) is 5.92 Å². The molecular formula is C15H22N2O4. The quantitative estimate of drug-likeness (QED) is 0.764. The summed E-state index contributed by atoms with van der Waals surface area (Å²) in [5.74, 6) is -1.39. The molecule has 6 nitrogen and oxygen atoms in total. The molecule has 116 valence electrons. The van der Waals surface area contributed by atoms with Crippen LogP contribution in [0.2, 0.25) is 0 Å². The van der Waals surface area contributed by atoms with E-state index in [9.17, 15) is 19.2 Å². The topological polar surface area (TPSA) is 74.8 Å². The van der Waals surface area contributed by atoms with Crippen molar-refractivity contribution >= 4 is 23.6 Å². The summed E-state index contributed by atoms with van der Waals surface area (Å²) in [6.45, 7) is 2.24. The molecule has 4 amide bonds. The Bertz CT molecular complexity index is 468. The lowest BCUT2D eigenvalue weighted by Crippen LogP contribution is -2.62. The van der Waals surface area contributed by atoms with Crippen LogP contribution in [-0.2, 0) is 19.2 Å². The van der Waals surface area contributed by atoms with E-state index in [4.69, 9.17) is 0 Å². The van der Waals surface area contributed by atoms with Gasteiger partial charge in [-0.05, 0) is 12.3 Å². The molecule has 0 aromatic heterocycles. The van der Waals surface area contributed by atoms with Gasteiger partial charge < -0.3 is 0 Å². The maximum atomic E-state index is 12.5. The van der Waals surface area contributed by atoms with Gasteiger partial charge in [0.25, 0.3) is 5.91 Å². The maximum Gasteiger partial charge on any atom is 0.252 e. The molecule has 1 atom stereocenters. The van der Waals surface area contributed by atoms with Crippen molar-refractivity contribution in [3.8, 4) is 0 Å². The lowest BCUT2D eigenvalue weighted by molar-refractivity contribution is -0.166. The number of hydrogen-bond acceptors (Lipinski definition) is 4. The SMILES string of the molecule is CC(=O)N1CC(=O)N(C(C)=O)[C@H](CC2CCCCC2)C1=O. The first-order valence-corrected chi connectivity index (χ1v) is 7.56. The molecule has 0 bridgehead atoms. The first-order valence-electron chi connectivity index (χ1n) is 7.56. The van der Waals surface area contributed by atoms with Crippen LogP contribution in [0.1, 0.15) is 52.4 Å². The highest BCUT2D eigenvalue weighted by atomic mass is 16.2. The van der Waals surface area contributed by atoms with Crippen LogP contribution in [0.3, 0.4) is 0 Å². The molecule has 1 saturated carbocycles. The molecule has 0 N–H and O–H groups in total. The summed E-state index contributed by atoms with van der Waals surface area (Å²) in [6.07, 6.45) is 5.96. The molecule has 2 fully saturated rings. The van der Waals surface area contributed by atoms with Gasteiger partial charge in [-0.2, -0.15) is 0 Å². The molecule has 0 aromatic rings. The van der Waals surface area contributed by atoms with Crippen LogP contribution in [0, 0.1) is 5.92 Å². The normalized spacial score (nSPS) is 24.4. The zero-order chi connectivity index (χ0) is 15.6. The van der Waals surface area contributed by atoms with Gasteiger partial charge in [0.05, 0.1) is 0 Å². The summed E-state index contributed by atoms with van der Waals surface area (Å²) in [6, 6.07) is -0.809. The first-order chi connectivity index (χ1) is 9.91. The summed E-state index contributed by atoms with van der Waals surface area (Å²) >= 11 is 0. The van der Waals surface area contributed by atoms with Gasteiger partial charge in [0, 0.05) is 13.8 Å². The van der Waals surface area contributed by atoms with Crippen LogP contribution in [0.25, 0.3) is 0 Å². The third-order valence-electron chi connectivity index (χ3n) is 4.43. The molecular weight excluding hydrogens is 272 g/mol. The zero-order valence-electron chi connectivity index (χ0n) is 12.6. The zero-order valence-corrected chi connectivity index (χ0v) is 12.6. The number of nitrogens with zero attached hydrogens (tertiary/aromatic N) is 2. The Morgan fingerprint density at radius 3 is 2.19 bits per heavy atom. The van der Waals surface area contributed by atoms with Crippen LogP contribution in [0.15, 0.2) is 0 Å². The Morgan fingerprint density at radius 2 is 1.67 bits per heavy atom. The van der Waals surface area contributed by atoms with Gasteiger partial charge in [-0.25, -0.2) is 0 Å². The summed E-state index contributed by atoms with van der Waals surface area (Å²) in [5.41, 5.74) is 0. The van der Waals surface area contributed by atoms with E-state index in [1.165, 1.54) is 20.3 Å². The predicted octanol–water partition coefficient (Wildman–Crippen LogP) is 1.09. The Hall–Kier alpha value is -1.72. The van der Waals surface area contributed by atoms with Gasteiger partial charge in [0.15, 0.2) is 0 Å². The van der Waals surface area contributed by atoms with Crippen molar-refractivity contribution in [1.82, 2.24) is 9.80 Å². The molecule has 0 spiro atoms. The van der Waals surface area contributed by atoms with Crippen molar-refractivity contribution in [2.45, 2.75) is 58.4 Å². The van der Waals surface area contributed by atoms with E-state index in [0.29, 0.717) is 12.3 Å². The number of piperazine rings is 1. The van der Waals surface area contributed by atoms with E-state index in [-0.39, 0.29) is 6.54 Å². The average Bonchev–Trinajstić information content (AvgIpc) is 2.43. The van der Waals surface area contributed by atoms with E-state index in [0.717, 1.165) is 35.5 Å². The molecule has 1 saturated heterocycles. The molecule has 1 heterocycles. The minimum Gasteiger partial charge on any atom is -0.275 e. The van der Waals surface area contributed by atoms with E-state index in [1.54, 1.807) is 0 Å². The van der Waals surface area contributed by atoms with Crippen LogP contribution >= 0.6 is 0 Å². The van der Waals surface area contributed by atoms with E-state index < -0.39 is 29.7 Å². The third-order valence-corrected chi connectivity index (χ3v) is 4.43.